The van der Waals surface area contributed by atoms with Gasteiger partial charge in [0.1, 0.15) is 11.5 Å². The number of hydrogen-bond acceptors (Lipinski definition) is 5. The number of ketones is 1. The van der Waals surface area contributed by atoms with Crippen molar-refractivity contribution in [2.75, 3.05) is 6.54 Å². The van der Waals surface area contributed by atoms with Crippen LogP contribution in [0.1, 0.15) is 33.2 Å². The molecule has 29 heavy (non-hydrogen) atoms. The average molecular weight is 386 g/mol. The van der Waals surface area contributed by atoms with Gasteiger partial charge < -0.3 is 14.4 Å². The molecule has 1 aliphatic heterocycles. The summed E-state index contributed by atoms with van der Waals surface area (Å²) in [5, 5.41) is 6.90. The Bertz CT molecular complexity index is 1220. The Morgan fingerprint density at radius 2 is 2.00 bits per heavy atom. The van der Waals surface area contributed by atoms with Crippen molar-refractivity contribution in [2.45, 2.75) is 19.4 Å². The summed E-state index contributed by atoms with van der Waals surface area (Å²) in [6, 6.07) is 16.8. The number of carbonyl (C=O) groups is 2. The lowest BCUT2D eigenvalue weighted by Crippen LogP contribution is -2.23. The van der Waals surface area contributed by atoms with Gasteiger partial charge in [0.25, 0.3) is 5.91 Å². The molecule has 1 amide bonds. The summed E-state index contributed by atoms with van der Waals surface area (Å²) in [5.41, 5.74) is 3.71. The number of Topliss-reactive ketones (excluding diaryl/α,β-unsaturated/α-hetero) is 1. The van der Waals surface area contributed by atoms with Crippen LogP contribution in [0.3, 0.4) is 0 Å². The molecule has 0 saturated carbocycles. The molecule has 4 aromatic rings. The standard InChI is InChI=1S/C22H18N4O3/c27-20(13-16-12-18(25-29-16)14-5-2-1-3-6-14)15-7-8-17-19(11-15)26-10-4-9-23-22(28)21(26)24-17/h1-3,5-8,11-12H,4,9-10,13H2,(H,23,28). The molecule has 2 aromatic carbocycles. The minimum absolute atomic E-state index is 0.0729. The van der Waals surface area contributed by atoms with Gasteiger partial charge in [-0.15, -0.1) is 0 Å². The molecule has 1 aliphatic rings. The van der Waals surface area contributed by atoms with Crippen LogP contribution >= 0.6 is 0 Å². The van der Waals surface area contributed by atoms with E-state index < -0.39 is 0 Å². The number of benzene rings is 2. The number of carbonyl (C=O) groups excluding carboxylic acids is 2. The maximum absolute atomic E-state index is 12.8. The van der Waals surface area contributed by atoms with Gasteiger partial charge in [-0.25, -0.2) is 4.98 Å². The molecule has 0 spiro atoms. The van der Waals surface area contributed by atoms with Crippen molar-refractivity contribution in [3.05, 3.63) is 71.7 Å². The van der Waals surface area contributed by atoms with E-state index in [9.17, 15) is 9.59 Å². The molecule has 0 unspecified atom stereocenters. The van der Waals surface area contributed by atoms with E-state index >= 15 is 0 Å². The average Bonchev–Trinajstić information content (AvgIpc) is 3.31. The second-order valence-electron chi connectivity index (χ2n) is 7.04. The van der Waals surface area contributed by atoms with Gasteiger partial charge in [0.05, 0.1) is 17.5 Å². The second kappa shape index (κ2) is 7.01. The van der Waals surface area contributed by atoms with Crippen molar-refractivity contribution in [3.8, 4) is 11.3 Å². The Hall–Kier alpha value is -3.74. The zero-order chi connectivity index (χ0) is 19.8. The summed E-state index contributed by atoms with van der Waals surface area (Å²) in [6.07, 6.45) is 0.940. The van der Waals surface area contributed by atoms with Crippen molar-refractivity contribution in [1.29, 1.82) is 0 Å². The predicted molar refractivity (Wildman–Crippen MR) is 107 cm³/mol. The zero-order valence-corrected chi connectivity index (χ0v) is 15.6. The Kier molecular flexibility index (Phi) is 4.20. The van der Waals surface area contributed by atoms with E-state index in [4.69, 9.17) is 4.52 Å². The van der Waals surface area contributed by atoms with E-state index in [1.165, 1.54) is 0 Å². The van der Waals surface area contributed by atoms with Gasteiger partial charge in [-0.3, -0.25) is 9.59 Å². The van der Waals surface area contributed by atoms with Gasteiger partial charge in [0.15, 0.2) is 11.6 Å². The third-order valence-electron chi connectivity index (χ3n) is 5.08. The zero-order valence-electron chi connectivity index (χ0n) is 15.6. The molecule has 2 aromatic heterocycles. The summed E-state index contributed by atoms with van der Waals surface area (Å²) < 4.78 is 7.25. The first-order chi connectivity index (χ1) is 14.2. The molecule has 0 fully saturated rings. The number of amides is 1. The smallest absolute Gasteiger partial charge is 0.287 e. The van der Waals surface area contributed by atoms with E-state index in [1.54, 1.807) is 24.3 Å². The highest BCUT2D eigenvalue weighted by molar-refractivity contribution is 6.01. The molecule has 7 nitrogen and oxygen atoms in total. The van der Waals surface area contributed by atoms with Gasteiger partial charge in [0.2, 0.25) is 0 Å². The maximum atomic E-state index is 12.8. The number of hydrogen-bond donors (Lipinski definition) is 1. The SMILES string of the molecule is O=C(Cc1cc(-c2ccccc2)no1)c1ccc2nc3n(c2c1)CCCNC3=O. The van der Waals surface area contributed by atoms with Crippen LogP contribution in [-0.2, 0) is 13.0 Å². The Balaban J connectivity index is 1.42. The lowest BCUT2D eigenvalue weighted by Gasteiger charge is -2.04. The molecule has 0 atom stereocenters. The van der Waals surface area contributed by atoms with Crippen LogP contribution < -0.4 is 5.32 Å². The highest BCUT2D eigenvalue weighted by atomic mass is 16.5. The Morgan fingerprint density at radius 1 is 1.14 bits per heavy atom. The Morgan fingerprint density at radius 3 is 2.86 bits per heavy atom. The van der Waals surface area contributed by atoms with Crippen molar-refractivity contribution in [3.63, 3.8) is 0 Å². The molecule has 1 N–H and O–H groups in total. The Labute approximate surface area is 166 Å². The monoisotopic (exact) mass is 386 g/mol. The fraction of sp³-hybridized carbons (Fsp3) is 0.182. The highest BCUT2D eigenvalue weighted by Crippen LogP contribution is 2.22. The summed E-state index contributed by atoms with van der Waals surface area (Å²) >= 11 is 0. The van der Waals surface area contributed by atoms with Crippen molar-refractivity contribution < 1.29 is 14.1 Å². The molecule has 3 heterocycles. The van der Waals surface area contributed by atoms with Crippen LogP contribution in [0.4, 0.5) is 0 Å². The molecule has 0 bridgehead atoms. The molecule has 7 heteroatoms. The van der Waals surface area contributed by atoms with Crippen LogP contribution in [0.5, 0.6) is 0 Å². The van der Waals surface area contributed by atoms with Crippen LogP contribution in [0.15, 0.2) is 59.1 Å². The van der Waals surface area contributed by atoms with Gasteiger partial charge in [-0.1, -0.05) is 35.5 Å². The highest BCUT2D eigenvalue weighted by Gasteiger charge is 2.21. The van der Waals surface area contributed by atoms with E-state index in [2.05, 4.69) is 15.5 Å². The largest absolute Gasteiger partial charge is 0.360 e. The fourth-order valence-corrected chi connectivity index (χ4v) is 3.62. The quantitative estimate of drug-likeness (QED) is 0.544. The fourth-order valence-electron chi connectivity index (χ4n) is 3.62. The molecule has 0 radical (unpaired) electrons. The lowest BCUT2D eigenvalue weighted by molar-refractivity contribution is 0.0945. The first kappa shape index (κ1) is 17.4. The van der Waals surface area contributed by atoms with E-state index in [-0.39, 0.29) is 18.1 Å². The normalized spacial score (nSPS) is 13.7. The van der Waals surface area contributed by atoms with Crippen LogP contribution in [0.25, 0.3) is 22.3 Å². The van der Waals surface area contributed by atoms with Gasteiger partial charge in [-0.2, -0.15) is 0 Å². The number of aryl methyl sites for hydroxylation is 1. The molecule has 0 aliphatic carbocycles. The van der Waals surface area contributed by atoms with Gasteiger partial charge >= 0.3 is 0 Å². The summed E-state index contributed by atoms with van der Waals surface area (Å²) in [5.74, 6) is 0.656. The first-order valence-corrected chi connectivity index (χ1v) is 9.52. The molecular formula is C22H18N4O3. The molecule has 144 valence electrons. The lowest BCUT2D eigenvalue weighted by atomic mass is 10.1. The summed E-state index contributed by atoms with van der Waals surface area (Å²) in [6.45, 7) is 1.31. The number of nitrogens with one attached hydrogen (secondary N) is 1. The number of nitrogens with zero attached hydrogens (tertiary/aromatic N) is 3. The number of rotatable bonds is 4. The van der Waals surface area contributed by atoms with Crippen LogP contribution in [0.2, 0.25) is 0 Å². The minimum atomic E-state index is -0.179. The summed E-state index contributed by atoms with van der Waals surface area (Å²) in [4.78, 5) is 29.4. The predicted octanol–water partition coefficient (Wildman–Crippen LogP) is 3.25. The molecular weight excluding hydrogens is 368 g/mol. The van der Waals surface area contributed by atoms with E-state index in [0.717, 1.165) is 17.5 Å². The molecule has 5 rings (SSSR count). The third-order valence-corrected chi connectivity index (χ3v) is 5.08. The molecule has 0 saturated heterocycles. The number of imidazole rings is 1. The van der Waals surface area contributed by atoms with E-state index in [1.807, 2.05) is 34.9 Å². The second-order valence-corrected chi connectivity index (χ2v) is 7.04. The third kappa shape index (κ3) is 3.20. The van der Waals surface area contributed by atoms with Crippen molar-refractivity contribution in [2.24, 2.45) is 0 Å². The van der Waals surface area contributed by atoms with Crippen LogP contribution in [-0.4, -0.2) is 32.9 Å². The minimum Gasteiger partial charge on any atom is -0.360 e. The maximum Gasteiger partial charge on any atom is 0.287 e. The summed E-state index contributed by atoms with van der Waals surface area (Å²) in [7, 11) is 0. The van der Waals surface area contributed by atoms with Crippen molar-refractivity contribution >= 4 is 22.7 Å². The van der Waals surface area contributed by atoms with Gasteiger partial charge in [-0.05, 0) is 24.6 Å². The number of aromatic nitrogens is 3. The van der Waals surface area contributed by atoms with Crippen LogP contribution in [0, 0.1) is 0 Å². The van der Waals surface area contributed by atoms with Gasteiger partial charge in [0, 0.05) is 30.3 Å². The topological polar surface area (TPSA) is 90.0 Å². The van der Waals surface area contributed by atoms with E-state index in [0.29, 0.717) is 41.4 Å². The number of fused-ring (bicyclic) bond motifs is 3. The van der Waals surface area contributed by atoms with Crippen molar-refractivity contribution in [1.82, 2.24) is 20.0 Å². The first-order valence-electron chi connectivity index (χ1n) is 9.52.